The molecule has 0 unspecified atom stereocenters. The summed E-state index contributed by atoms with van der Waals surface area (Å²) in [5.74, 6) is -0.780. The van der Waals surface area contributed by atoms with Gasteiger partial charge in [0.25, 0.3) is 5.91 Å². The number of carbonyl (C=O) groups excluding carboxylic acids is 1. The topological polar surface area (TPSA) is 42.0 Å². The summed E-state index contributed by atoms with van der Waals surface area (Å²) in [4.78, 5) is 16.6. The fourth-order valence-corrected chi connectivity index (χ4v) is 3.28. The molecule has 1 heterocycles. The van der Waals surface area contributed by atoms with Crippen LogP contribution in [0.25, 0.3) is 10.2 Å². The zero-order chi connectivity index (χ0) is 16.2. The number of aryl methyl sites for hydroxylation is 1. The average molecular weight is 328 g/mol. The van der Waals surface area contributed by atoms with Crippen LogP contribution >= 0.6 is 11.3 Å². The molecule has 1 N–H and O–H groups in total. The molecule has 0 spiro atoms. The zero-order valence-electron chi connectivity index (χ0n) is 12.8. The van der Waals surface area contributed by atoms with Gasteiger partial charge in [-0.25, -0.2) is 9.37 Å². The first-order valence-corrected chi connectivity index (χ1v) is 8.44. The lowest BCUT2D eigenvalue weighted by Gasteiger charge is -2.01. The number of nitrogens with zero attached hydrogens (tertiary/aromatic N) is 1. The van der Waals surface area contributed by atoms with Gasteiger partial charge < -0.3 is 0 Å². The van der Waals surface area contributed by atoms with E-state index in [9.17, 15) is 9.18 Å². The summed E-state index contributed by atoms with van der Waals surface area (Å²) in [5.41, 5.74) is 2.43. The smallest absolute Gasteiger partial charge is 0.257 e. The molecule has 0 saturated carbocycles. The van der Waals surface area contributed by atoms with Gasteiger partial charge in [-0.15, -0.1) is 0 Å². The van der Waals surface area contributed by atoms with E-state index >= 15 is 0 Å². The lowest BCUT2D eigenvalue weighted by molar-refractivity contribution is 0.102. The second kappa shape index (κ2) is 6.87. The number of carbonyl (C=O) groups is 1. The third-order valence-electron chi connectivity index (χ3n) is 3.58. The van der Waals surface area contributed by atoms with E-state index in [0.717, 1.165) is 29.5 Å². The summed E-state index contributed by atoms with van der Waals surface area (Å²) in [5, 5.41) is 3.27. The first kappa shape index (κ1) is 15.6. The molecule has 0 radical (unpaired) electrons. The van der Waals surface area contributed by atoms with E-state index in [2.05, 4.69) is 29.4 Å². The van der Waals surface area contributed by atoms with Gasteiger partial charge in [0.1, 0.15) is 5.82 Å². The summed E-state index contributed by atoms with van der Waals surface area (Å²) >= 11 is 1.44. The number of rotatable bonds is 5. The van der Waals surface area contributed by atoms with Crippen molar-refractivity contribution in [3.05, 3.63) is 59.4 Å². The molecule has 0 aliphatic heterocycles. The molecule has 0 saturated heterocycles. The molecular weight excluding hydrogens is 311 g/mol. The molecule has 0 bridgehead atoms. The monoisotopic (exact) mass is 328 g/mol. The predicted octanol–water partition coefficient (Wildman–Crippen LogP) is 5.03. The second-order valence-corrected chi connectivity index (χ2v) is 6.42. The minimum Gasteiger partial charge on any atom is -0.298 e. The number of fused-ring (bicyclic) bond motifs is 1. The Morgan fingerprint density at radius 2 is 2.13 bits per heavy atom. The van der Waals surface area contributed by atoms with Gasteiger partial charge in [-0.05, 0) is 48.7 Å². The van der Waals surface area contributed by atoms with Gasteiger partial charge in [0.05, 0.1) is 10.2 Å². The van der Waals surface area contributed by atoms with Crippen molar-refractivity contribution in [2.75, 3.05) is 5.32 Å². The standard InChI is InChI=1S/C18H17FN2OS/c1-2-3-5-12-8-9-15-16(10-12)23-18(20-15)21-17(22)13-6-4-7-14(19)11-13/h4,6-11H,2-3,5H2,1H3,(H,20,21,22). The summed E-state index contributed by atoms with van der Waals surface area (Å²) in [6.07, 6.45) is 3.37. The number of anilines is 1. The van der Waals surface area contributed by atoms with E-state index in [1.807, 2.05) is 6.07 Å². The predicted molar refractivity (Wildman–Crippen MR) is 92.6 cm³/mol. The summed E-state index contributed by atoms with van der Waals surface area (Å²) < 4.78 is 14.2. The van der Waals surface area contributed by atoms with Crippen molar-refractivity contribution in [2.45, 2.75) is 26.2 Å². The van der Waals surface area contributed by atoms with E-state index in [4.69, 9.17) is 0 Å². The second-order valence-electron chi connectivity index (χ2n) is 5.39. The Labute approximate surface area is 138 Å². The van der Waals surface area contributed by atoms with Gasteiger partial charge in [-0.1, -0.05) is 36.8 Å². The lowest BCUT2D eigenvalue weighted by Crippen LogP contribution is -2.11. The molecule has 2 aromatic carbocycles. The molecule has 1 aromatic heterocycles. The average Bonchev–Trinajstić information content (AvgIpc) is 2.94. The molecule has 3 aromatic rings. The summed E-state index contributed by atoms with van der Waals surface area (Å²) in [7, 11) is 0. The number of unbranched alkanes of at least 4 members (excludes halogenated alkanes) is 1. The quantitative estimate of drug-likeness (QED) is 0.713. The third-order valence-corrected chi connectivity index (χ3v) is 4.51. The first-order valence-electron chi connectivity index (χ1n) is 7.62. The summed E-state index contributed by atoms with van der Waals surface area (Å²) in [6, 6.07) is 11.8. The Kier molecular flexibility index (Phi) is 4.67. The van der Waals surface area contributed by atoms with E-state index in [1.54, 1.807) is 6.07 Å². The molecule has 0 atom stereocenters. The van der Waals surface area contributed by atoms with Crippen LogP contribution in [-0.2, 0) is 6.42 Å². The van der Waals surface area contributed by atoms with Crippen LogP contribution in [-0.4, -0.2) is 10.9 Å². The molecule has 1 amide bonds. The van der Waals surface area contributed by atoms with Gasteiger partial charge in [-0.2, -0.15) is 0 Å². The van der Waals surface area contributed by atoms with Crippen LogP contribution in [0.4, 0.5) is 9.52 Å². The number of nitrogens with one attached hydrogen (secondary N) is 1. The van der Waals surface area contributed by atoms with E-state index in [1.165, 1.54) is 35.1 Å². The molecule has 0 aliphatic rings. The number of benzene rings is 2. The maximum Gasteiger partial charge on any atom is 0.257 e. The van der Waals surface area contributed by atoms with Gasteiger partial charge in [0.2, 0.25) is 0 Å². The Bertz CT molecular complexity index is 844. The maximum atomic E-state index is 13.2. The highest BCUT2D eigenvalue weighted by atomic mass is 32.1. The number of halogens is 1. The molecule has 0 aliphatic carbocycles. The van der Waals surface area contributed by atoms with Crippen molar-refractivity contribution in [2.24, 2.45) is 0 Å². The number of hydrogen-bond donors (Lipinski definition) is 1. The van der Waals surface area contributed by atoms with Crippen LogP contribution < -0.4 is 5.32 Å². The highest BCUT2D eigenvalue weighted by molar-refractivity contribution is 7.22. The summed E-state index contributed by atoms with van der Waals surface area (Å²) in [6.45, 7) is 2.17. The molecular formula is C18H17FN2OS. The van der Waals surface area contributed by atoms with Gasteiger partial charge >= 0.3 is 0 Å². The van der Waals surface area contributed by atoms with Gasteiger partial charge in [-0.3, -0.25) is 10.1 Å². The van der Waals surface area contributed by atoms with Crippen LogP contribution in [0.5, 0.6) is 0 Å². The van der Waals surface area contributed by atoms with Crippen molar-refractivity contribution in [1.29, 1.82) is 0 Å². The Balaban J connectivity index is 1.79. The van der Waals surface area contributed by atoms with Crippen LogP contribution in [0.1, 0.15) is 35.7 Å². The van der Waals surface area contributed by atoms with Crippen molar-refractivity contribution < 1.29 is 9.18 Å². The number of amides is 1. The van der Waals surface area contributed by atoms with Crippen molar-refractivity contribution in [3.8, 4) is 0 Å². The molecule has 5 heteroatoms. The van der Waals surface area contributed by atoms with E-state index in [-0.39, 0.29) is 11.5 Å². The highest BCUT2D eigenvalue weighted by Crippen LogP contribution is 2.27. The van der Waals surface area contributed by atoms with Gasteiger partial charge in [0.15, 0.2) is 5.13 Å². The minimum absolute atomic E-state index is 0.285. The maximum absolute atomic E-state index is 13.2. The SMILES string of the molecule is CCCCc1ccc2nc(NC(=O)c3cccc(F)c3)sc2c1. The van der Waals surface area contributed by atoms with E-state index < -0.39 is 5.82 Å². The lowest BCUT2D eigenvalue weighted by atomic mass is 10.1. The van der Waals surface area contributed by atoms with Crippen molar-refractivity contribution >= 4 is 32.6 Å². The Hall–Kier alpha value is -2.27. The van der Waals surface area contributed by atoms with Crippen LogP contribution in [0.2, 0.25) is 0 Å². The molecule has 118 valence electrons. The van der Waals surface area contributed by atoms with Crippen molar-refractivity contribution in [1.82, 2.24) is 4.98 Å². The number of thiazole rings is 1. The third kappa shape index (κ3) is 3.74. The van der Waals surface area contributed by atoms with Crippen LogP contribution in [0.15, 0.2) is 42.5 Å². The molecule has 3 rings (SSSR count). The Morgan fingerprint density at radius 1 is 1.26 bits per heavy atom. The van der Waals surface area contributed by atoms with Crippen molar-refractivity contribution in [3.63, 3.8) is 0 Å². The first-order chi connectivity index (χ1) is 11.2. The Morgan fingerprint density at radius 3 is 2.91 bits per heavy atom. The molecule has 23 heavy (non-hydrogen) atoms. The largest absolute Gasteiger partial charge is 0.298 e. The van der Waals surface area contributed by atoms with E-state index in [0.29, 0.717) is 5.13 Å². The van der Waals surface area contributed by atoms with Crippen LogP contribution in [0.3, 0.4) is 0 Å². The zero-order valence-corrected chi connectivity index (χ0v) is 13.6. The normalized spacial score (nSPS) is 10.9. The van der Waals surface area contributed by atoms with Gasteiger partial charge in [0, 0.05) is 5.56 Å². The fraction of sp³-hybridized carbons (Fsp3) is 0.222. The fourth-order valence-electron chi connectivity index (χ4n) is 2.36. The van der Waals surface area contributed by atoms with Crippen LogP contribution in [0, 0.1) is 5.82 Å². The molecule has 3 nitrogen and oxygen atoms in total. The highest BCUT2D eigenvalue weighted by Gasteiger charge is 2.11. The number of aromatic nitrogens is 1. The minimum atomic E-state index is -0.428. The molecule has 0 fully saturated rings. The number of hydrogen-bond acceptors (Lipinski definition) is 3.